The number of rotatable bonds is 5. The molecule has 16 heavy (non-hydrogen) atoms. The van der Waals surface area contributed by atoms with Gasteiger partial charge in [-0.25, -0.2) is 0 Å². The second-order valence-electron chi connectivity index (χ2n) is 3.28. The Bertz CT molecular complexity index is 375. The van der Waals surface area contributed by atoms with Crippen LogP contribution in [-0.2, 0) is 9.53 Å². The quantitative estimate of drug-likeness (QED) is 0.789. The fraction of sp³-hybridized carbons (Fsp3) is 0.364. The molecule has 5 heteroatoms. The smallest absolute Gasteiger partial charge is 0.313 e. The van der Waals surface area contributed by atoms with Crippen LogP contribution in [0.15, 0.2) is 18.2 Å². The summed E-state index contributed by atoms with van der Waals surface area (Å²) < 4.78 is 9.75. The number of phenols is 1. The average molecular weight is 226 g/mol. The maximum absolute atomic E-state index is 11.0. The SMILES string of the molecule is COCC(C(=O)O)c1ccc(O)c(OC)c1. The molecule has 0 amide bonds. The van der Waals surface area contributed by atoms with Crippen molar-refractivity contribution in [3.8, 4) is 11.5 Å². The topological polar surface area (TPSA) is 76.0 Å². The van der Waals surface area contributed by atoms with Crippen LogP contribution in [0, 0.1) is 0 Å². The van der Waals surface area contributed by atoms with Crippen LogP contribution in [0.3, 0.4) is 0 Å². The minimum Gasteiger partial charge on any atom is -0.504 e. The first-order valence-corrected chi connectivity index (χ1v) is 4.68. The molecule has 0 aromatic heterocycles. The molecule has 0 fully saturated rings. The van der Waals surface area contributed by atoms with Gasteiger partial charge < -0.3 is 19.7 Å². The minimum absolute atomic E-state index is 0.0206. The zero-order valence-electron chi connectivity index (χ0n) is 9.14. The molecule has 0 aliphatic carbocycles. The number of ether oxygens (including phenoxy) is 2. The number of carboxylic acids is 1. The highest BCUT2D eigenvalue weighted by Gasteiger charge is 2.20. The Balaban J connectivity index is 3.05. The van der Waals surface area contributed by atoms with Gasteiger partial charge in [0.1, 0.15) is 5.92 Å². The molecule has 1 rings (SSSR count). The summed E-state index contributed by atoms with van der Waals surface area (Å²) in [5, 5.41) is 18.4. The Morgan fingerprint density at radius 2 is 2.12 bits per heavy atom. The van der Waals surface area contributed by atoms with Crippen molar-refractivity contribution >= 4 is 5.97 Å². The van der Waals surface area contributed by atoms with Crippen LogP contribution in [0.4, 0.5) is 0 Å². The lowest BCUT2D eigenvalue weighted by atomic mass is 10.00. The molecule has 1 atom stereocenters. The van der Waals surface area contributed by atoms with Crippen LogP contribution in [0.1, 0.15) is 11.5 Å². The van der Waals surface area contributed by atoms with E-state index >= 15 is 0 Å². The van der Waals surface area contributed by atoms with Gasteiger partial charge in [0.25, 0.3) is 0 Å². The summed E-state index contributed by atoms with van der Waals surface area (Å²) in [6.45, 7) is 0.0727. The van der Waals surface area contributed by atoms with Crippen molar-refractivity contribution in [2.45, 2.75) is 5.92 Å². The predicted molar refractivity (Wildman–Crippen MR) is 56.9 cm³/mol. The molecular weight excluding hydrogens is 212 g/mol. The van der Waals surface area contributed by atoms with Crippen LogP contribution in [0.25, 0.3) is 0 Å². The normalized spacial score (nSPS) is 12.1. The fourth-order valence-electron chi connectivity index (χ4n) is 1.39. The number of aliphatic carboxylic acids is 1. The van der Waals surface area contributed by atoms with Crippen molar-refractivity contribution in [1.82, 2.24) is 0 Å². The van der Waals surface area contributed by atoms with E-state index < -0.39 is 11.9 Å². The zero-order chi connectivity index (χ0) is 12.1. The third-order valence-corrected chi connectivity index (χ3v) is 2.24. The van der Waals surface area contributed by atoms with Gasteiger partial charge in [0.2, 0.25) is 0 Å². The molecule has 1 unspecified atom stereocenters. The largest absolute Gasteiger partial charge is 0.504 e. The summed E-state index contributed by atoms with van der Waals surface area (Å²) >= 11 is 0. The van der Waals surface area contributed by atoms with Crippen LogP contribution >= 0.6 is 0 Å². The van der Waals surface area contributed by atoms with Crippen molar-refractivity contribution in [2.75, 3.05) is 20.8 Å². The highest BCUT2D eigenvalue weighted by Crippen LogP contribution is 2.29. The van der Waals surface area contributed by atoms with Crippen LogP contribution < -0.4 is 4.74 Å². The molecule has 88 valence electrons. The lowest BCUT2D eigenvalue weighted by Crippen LogP contribution is -2.16. The maximum atomic E-state index is 11.0. The molecule has 0 bridgehead atoms. The number of benzene rings is 1. The molecular formula is C11H14O5. The van der Waals surface area contributed by atoms with Gasteiger partial charge >= 0.3 is 5.97 Å². The van der Waals surface area contributed by atoms with Gasteiger partial charge in [0.05, 0.1) is 13.7 Å². The molecule has 0 aliphatic rings. The van der Waals surface area contributed by atoms with E-state index in [1.165, 1.54) is 32.4 Å². The number of hydrogen-bond acceptors (Lipinski definition) is 4. The number of phenolic OH excluding ortho intramolecular Hbond substituents is 1. The van der Waals surface area contributed by atoms with Crippen LogP contribution in [-0.4, -0.2) is 37.0 Å². The van der Waals surface area contributed by atoms with Gasteiger partial charge in [0.15, 0.2) is 11.5 Å². The van der Waals surface area contributed by atoms with Crippen molar-refractivity contribution in [3.05, 3.63) is 23.8 Å². The summed E-state index contributed by atoms with van der Waals surface area (Å²) in [5.74, 6) is -1.51. The van der Waals surface area contributed by atoms with E-state index in [1.807, 2.05) is 0 Å². The summed E-state index contributed by atoms with van der Waals surface area (Å²) in [5.41, 5.74) is 0.531. The zero-order valence-corrected chi connectivity index (χ0v) is 9.14. The van der Waals surface area contributed by atoms with E-state index in [2.05, 4.69) is 0 Å². The van der Waals surface area contributed by atoms with Crippen LogP contribution in [0.2, 0.25) is 0 Å². The predicted octanol–water partition coefficient (Wildman–Crippen LogP) is 1.22. The molecule has 0 saturated heterocycles. The highest BCUT2D eigenvalue weighted by molar-refractivity contribution is 5.76. The van der Waals surface area contributed by atoms with Gasteiger partial charge in [-0.2, -0.15) is 0 Å². The standard InChI is InChI=1S/C11H14O5/c1-15-6-8(11(13)14)7-3-4-9(12)10(5-7)16-2/h3-5,8,12H,6H2,1-2H3,(H,13,14). The summed E-state index contributed by atoms with van der Waals surface area (Å²) in [6.07, 6.45) is 0. The second kappa shape index (κ2) is 5.37. The van der Waals surface area contributed by atoms with Crippen LogP contribution in [0.5, 0.6) is 11.5 Å². The van der Waals surface area contributed by atoms with Crippen molar-refractivity contribution < 1.29 is 24.5 Å². The summed E-state index contributed by atoms with van der Waals surface area (Å²) in [4.78, 5) is 11.0. The minimum atomic E-state index is -0.977. The average Bonchev–Trinajstić information content (AvgIpc) is 2.26. The fourth-order valence-corrected chi connectivity index (χ4v) is 1.39. The monoisotopic (exact) mass is 226 g/mol. The lowest BCUT2D eigenvalue weighted by Gasteiger charge is -2.13. The molecule has 0 aliphatic heterocycles. The Morgan fingerprint density at radius 3 is 2.62 bits per heavy atom. The number of carbonyl (C=O) groups is 1. The van der Waals surface area contributed by atoms with Gasteiger partial charge in [-0.15, -0.1) is 0 Å². The van der Waals surface area contributed by atoms with Gasteiger partial charge in [-0.3, -0.25) is 4.79 Å². The lowest BCUT2D eigenvalue weighted by molar-refractivity contribution is -0.140. The van der Waals surface area contributed by atoms with Crippen molar-refractivity contribution in [3.63, 3.8) is 0 Å². The van der Waals surface area contributed by atoms with E-state index in [0.717, 1.165) is 0 Å². The molecule has 2 N–H and O–H groups in total. The Labute approximate surface area is 93.2 Å². The van der Waals surface area contributed by atoms with E-state index in [9.17, 15) is 9.90 Å². The van der Waals surface area contributed by atoms with E-state index in [4.69, 9.17) is 14.6 Å². The van der Waals surface area contributed by atoms with Gasteiger partial charge in [-0.05, 0) is 17.7 Å². The third kappa shape index (κ3) is 2.64. The number of hydrogen-bond donors (Lipinski definition) is 2. The molecule has 1 aromatic carbocycles. The second-order valence-corrected chi connectivity index (χ2v) is 3.28. The van der Waals surface area contributed by atoms with Crippen molar-refractivity contribution in [2.24, 2.45) is 0 Å². The molecule has 0 spiro atoms. The van der Waals surface area contributed by atoms with Crippen molar-refractivity contribution in [1.29, 1.82) is 0 Å². The summed E-state index contributed by atoms with van der Waals surface area (Å²) in [7, 11) is 2.85. The summed E-state index contributed by atoms with van der Waals surface area (Å²) in [6, 6.07) is 4.43. The maximum Gasteiger partial charge on any atom is 0.313 e. The highest BCUT2D eigenvalue weighted by atomic mass is 16.5. The molecule has 0 heterocycles. The molecule has 5 nitrogen and oxygen atoms in total. The first-order valence-electron chi connectivity index (χ1n) is 4.68. The first-order chi connectivity index (χ1) is 7.60. The van der Waals surface area contributed by atoms with E-state index in [-0.39, 0.29) is 18.1 Å². The number of carboxylic acid groups (broad SMARTS) is 1. The van der Waals surface area contributed by atoms with Gasteiger partial charge in [0, 0.05) is 7.11 Å². The molecule has 0 radical (unpaired) electrons. The Kier molecular flexibility index (Phi) is 4.13. The third-order valence-electron chi connectivity index (χ3n) is 2.24. The molecule has 0 saturated carbocycles. The van der Waals surface area contributed by atoms with Gasteiger partial charge in [-0.1, -0.05) is 6.07 Å². The number of aromatic hydroxyl groups is 1. The van der Waals surface area contributed by atoms with E-state index in [0.29, 0.717) is 5.56 Å². The first kappa shape index (κ1) is 12.3. The number of methoxy groups -OCH3 is 2. The molecule has 1 aromatic rings. The Hall–Kier alpha value is -1.75. The Morgan fingerprint density at radius 1 is 1.44 bits per heavy atom. The van der Waals surface area contributed by atoms with E-state index in [1.54, 1.807) is 0 Å².